The number of anilines is 1. The predicted molar refractivity (Wildman–Crippen MR) is 106 cm³/mol. The Kier molecular flexibility index (Phi) is 5.37. The highest BCUT2D eigenvalue weighted by atomic mass is 16.5. The summed E-state index contributed by atoms with van der Waals surface area (Å²) in [7, 11) is 0. The van der Waals surface area contributed by atoms with Gasteiger partial charge in [-0.15, -0.1) is 5.10 Å². The quantitative estimate of drug-likeness (QED) is 0.644. The molecule has 0 spiro atoms. The van der Waals surface area contributed by atoms with Crippen LogP contribution in [0.5, 0.6) is 0 Å². The van der Waals surface area contributed by atoms with Gasteiger partial charge in [-0.05, 0) is 30.5 Å². The summed E-state index contributed by atoms with van der Waals surface area (Å²) >= 11 is 0. The van der Waals surface area contributed by atoms with Crippen LogP contribution < -0.4 is 5.32 Å². The molecule has 4 rings (SSSR count). The average molecular weight is 391 g/mol. The van der Waals surface area contributed by atoms with Crippen LogP contribution in [0, 0.1) is 0 Å². The largest absolute Gasteiger partial charge is 0.455 e. The van der Waals surface area contributed by atoms with E-state index in [4.69, 9.17) is 9.15 Å². The van der Waals surface area contributed by atoms with Crippen LogP contribution in [-0.4, -0.2) is 28.7 Å². The van der Waals surface area contributed by atoms with Crippen LogP contribution in [0.2, 0.25) is 0 Å². The second kappa shape index (κ2) is 8.26. The molecule has 1 aromatic heterocycles. The normalized spacial score (nSPS) is 15.0. The van der Waals surface area contributed by atoms with Gasteiger partial charge in [0.2, 0.25) is 5.89 Å². The molecule has 7 heteroatoms. The number of nitrogens with one attached hydrogen (secondary N) is 1. The third-order valence-corrected chi connectivity index (χ3v) is 5.20. The summed E-state index contributed by atoms with van der Waals surface area (Å²) in [5.41, 5.74) is 1.01. The number of ether oxygens (including phenoxy) is 1. The van der Waals surface area contributed by atoms with Crippen LogP contribution in [-0.2, 0) is 19.7 Å². The fraction of sp³-hybridized carbons (Fsp3) is 0.273. The third kappa shape index (κ3) is 4.03. The second-order valence-corrected chi connectivity index (χ2v) is 7.06. The Balaban J connectivity index is 1.37. The highest BCUT2D eigenvalue weighted by Crippen LogP contribution is 2.42. The lowest BCUT2D eigenvalue weighted by atomic mass is 9.79. The maximum absolute atomic E-state index is 12.9. The van der Waals surface area contributed by atoms with Crippen LogP contribution in [0.1, 0.15) is 31.2 Å². The van der Waals surface area contributed by atoms with Crippen molar-refractivity contribution in [3.8, 4) is 11.5 Å². The molecule has 0 bridgehead atoms. The summed E-state index contributed by atoms with van der Waals surface area (Å²) in [4.78, 5) is 25.1. The molecular weight excluding hydrogens is 370 g/mol. The van der Waals surface area contributed by atoms with E-state index >= 15 is 0 Å². The van der Waals surface area contributed by atoms with Gasteiger partial charge >= 0.3 is 12.0 Å². The minimum absolute atomic E-state index is 0.0384. The number of aromatic nitrogens is 2. The number of carbonyl (C=O) groups excluding carboxylic acids is 2. The zero-order chi connectivity index (χ0) is 20.1. The number of esters is 1. The first-order valence-corrected chi connectivity index (χ1v) is 9.59. The first-order chi connectivity index (χ1) is 14.2. The maximum Gasteiger partial charge on any atom is 0.322 e. The smallest absolute Gasteiger partial charge is 0.322 e. The molecule has 0 aliphatic heterocycles. The summed E-state index contributed by atoms with van der Waals surface area (Å²) in [5, 5.41) is 10.2. The van der Waals surface area contributed by atoms with E-state index in [1.807, 2.05) is 60.7 Å². The fourth-order valence-electron chi connectivity index (χ4n) is 3.74. The molecule has 7 nitrogen and oxygen atoms in total. The van der Waals surface area contributed by atoms with Gasteiger partial charge in [-0.25, -0.2) is 0 Å². The van der Waals surface area contributed by atoms with Crippen molar-refractivity contribution in [2.75, 3.05) is 11.9 Å². The van der Waals surface area contributed by atoms with Crippen molar-refractivity contribution in [1.29, 1.82) is 0 Å². The Hall–Kier alpha value is -3.48. The van der Waals surface area contributed by atoms with E-state index in [0.717, 1.165) is 36.8 Å². The van der Waals surface area contributed by atoms with Crippen molar-refractivity contribution in [1.82, 2.24) is 10.2 Å². The van der Waals surface area contributed by atoms with E-state index in [0.29, 0.717) is 5.89 Å². The maximum atomic E-state index is 12.9. The van der Waals surface area contributed by atoms with Gasteiger partial charge in [0, 0.05) is 5.56 Å². The topological polar surface area (TPSA) is 94.3 Å². The van der Waals surface area contributed by atoms with E-state index in [9.17, 15) is 9.59 Å². The lowest BCUT2D eigenvalue weighted by Crippen LogP contribution is -2.36. The first-order valence-electron chi connectivity index (χ1n) is 9.59. The minimum atomic E-state index is -0.674. The zero-order valence-corrected chi connectivity index (χ0v) is 15.8. The van der Waals surface area contributed by atoms with Crippen LogP contribution in [0.25, 0.3) is 11.5 Å². The Morgan fingerprint density at radius 1 is 0.966 bits per heavy atom. The van der Waals surface area contributed by atoms with E-state index in [1.54, 1.807) is 0 Å². The highest BCUT2D eigenvalue weighted by Gasteiger charge is 2.44. The molecule has 1 heterocycles. The summed E-state index contributed by atoms with van der Waals surface area (Å²) in [6.07, 6.45) is 3.37. The van der Waals surface area contributed by atoms with Crippen LogP contribution in [0.4, 0.5) is 6.01 Å². The standard InChI is InChI=1S/C22H21N3O4/c26-18(23-21-25-24-19(29-21)16-9-3-1-4-10-16)15-28-20(27)22(13-7-8-14-22)17-11-5-2-6-12-17/h1-6,9-12H,7-8,13-15H2,(H,23,25,26). The number of benzene rings is 2. The third-order valence-electron chi connectivity index (χ3n) is 5.20. The Morgan fingerprint density at radius 2 is 1.62 bits per heavy atom. The molecule has 1 N–H and O–H groups in total. The van der Waals surface area contributed by atoms with Crippen molar-refractivity contribution in [2.24, 2.45) is 0 Å². The summed E-state index contributed by atoms with van der Waals surface area (Å²) < 4.78 is 10.8. The Bertz CT molecular complexity index is 980. The average Bonchev–Trinajstić information content (AvgIpc) is 3.44. The molecule has 1 aliphatic rings. The fourth-order valence-corrected chi connectivity index (χ4v) is 3.74. The van der Waals surface area contributed by atoms with Gasteiger partial charge in [0.25, 0.3) is 5.91 Å². The number of hydrogen-bond donors (Lipinski definition) is 1. The molecular formula is C22H21N3O4. The van der Waals surface area contributed by atoms with E-state index in [-0.39, 0.29) is 12.0 Å². The van der Waals surface area contributed by atoms with Crippen LogP contribution in [0.3, 0.4) is 0 Å². The van der Waals surface area contributed by atoms with Gasteiger partial charge in [0.1, 0.15) is 0 Å². The molecule has 3 aromatic rings. The van der Waals surface area contributed by atoms with E-state index in [1.165, 1.54) is 0 Å². The van der Waals surface area contributed by atoms with Crippen molar-refractivity contribution in [2.45, 2.75) is 31.1 Å². The summed E-state index contributed by atoms with van der Waals surface area (Å²) in [6, 6.07) is 18.8. The molecule has 29 heavy (non-hydrogen) atoms. The molecule has 0 saturated heterocycles. The lowest BCUT2D eigenvalue weighted by Gasteiger charge is -2.27. The minimum Gasteiger partial charge on any atom is -0.455 e. The highest BCUT2D eigenvalue weighted by molar-refractivity contribution is 5.92. The Labute approximate surface area is 168 Å². The molecule has 0 radical (unpaired) electrons. The molecule has 0 unspecified atom stereocenters. The first kappa shape index (κ1) is 18.9. The molecule has 0 atom stereocenters. The second-order valence-electron chi connectivity index (χ2n) is 7.06. The van der Waals surface area contributed by atoms with Gasteiger partial charge in [0.05, 0.1) is 5.41 Å². The monoisotopic (exact) mass is 391 g/mol. The molecule has 1 fully saturated rings. The number of carbonyl (C=O) groups is 2. The van der Waals surface area contributed by atoms with Gasteiger partial charge in [-0.3, -0.25) is 14.9 Å². The SMILES string of the molecule is O=C(COC(=O)C1(c2ccccc2)CCCC1)Nc1nnc(-c2ccccc2)o1. The van der Waals surface area contributed by atoms with Crippen molar-refractivity contribution in [3.05, 3.63) is 66.2 Å². The summed E-state index contributed by atoms with van der Waals surface area (Å²) in [5.74, 6) is -0.596. The van der Waals surface area contributed by atoms with Crippen molar-refractivity contribution >= 4 is 17.9 Å². The van der Waals surface area contributed by atoms with E-state index < -0.39 is 17.9 Å². The van der Waals surface area contributed by atoms with Gasteiger partial charge in [-0.2, -0.15) is 0 Å². The number of amides is 1. The van der Waals surface area contributed by atoms with Crippen molar-refractivity contribution in [3.63, 3.8) is 0 Å². The zero-order valence-electron chi connectivity index (χ0n) is 15.8. The van der Waals surface area contributed by atoms with Crippen molar-refractivity contribution < 1.29 is 18.7 Å². The van der Waals surface area contributed by atoms with E-state index in [2.05, 4.69) is 15.5 Å². The number of nitrogens with zero attached hydrogens (tertiary/aromatic N) is 2. The molecule has 1 aliphatic carbocycles. The van der Waals surface area contributed by atoms with Gasteiger partial charge in [-0.1, -0.05) is 66.5 Å². The lowest BCUT2D eigenvalue weighted by molar-refractivity contribution is -0.153. The molecule has 1 amide bonds. The summed E-state index contributed by atoms with van der Waals surface area (Å²) in [6.45, 7) is -0.406. The van der Waals surface area contributed by atoms with Crippen LogP contribution >= 0.6 is 0 Å². The molecule has 1 saturated carbocycles. The van der Waals surface area contributed by atoms with Gasteiger partial charge in [0.15, 0.2) is 6.61 Å². The molecule has 2 aromatic carbocycles. The van der Waals surface area contributed by atoms with Crippen LogP contribution in [0.15, 0.2) is 65.1 Å². The predicted octanol–water partition coefficient (Wildman–Crippen LogP) is 3.73. The van der Waals surface area contributed by atoms with Gasteiger partial charge < -0.3 is 9.15 Å². The number of rotatable bonds is 6. The molecule has 148 valence electrons. The Morgan fingerprint density at radius 3 is 2.31 bits per heavy atom. The number of hydrogen-bond acceptors (Lipinski definition) is 6.